The standard InChI is InChI=1S/C11H15NO/c1-8(13)12-11-6-9-4-2-3-5-10(9)7-11/h2-5,8,11-13H,6-7H2,1H3. The van der Waals surface area contributed by atoms with Crippen LogP contribution in [0.4, 0.5) is 0 Å². The van der Waals surface area contributed by atoms with Crippen molar-refractivity contribution in [1.29, 1.82) is 0 Å². The van der Waals surface area contributed by atoms with Crippen molar-refractivity contribution in [3.05, 3.63) is 35.4 Å². The maximum atomic E-state index is 9.18. The normalized spacial score (nSPS) is 18.6. The summed E-state index contributed by atoms with van der Waals surface area (Å²) in [4.78, 5) is 0. The van der Waals surface area contributed by atoms with Gasteiger partial charge in [-0.1, -0.05) is 24.3 Å². The summed E-state index contributed by atoms with van der Waals surface area (Å²) in [6, 6.07) is 8.89. The first-order valence-corrected chi connectivity index (χ1v) is 4.76. The molecule has 0 fully saturated rings. The predicted molar refractivity (Wildman–Crippen MR) is 52.5 cm³/mol. The number of hydrogen-bond donors (Lipinski definition) is 2. The number of hydrogen-bond acceptors (Lipinski definition) is 2. The van der Waals surface area contributed by atoms with E-state index in [0.29, 0.717) is 6.04 Å². The van der Waals surface area contributed by atoms with Crippen LogP contribution in [0.25, 0.3) is 0 Å². The van der Waals surface area contributed by atoms with E-state index in [0.717, 1.165) is 12.8 Å². The van der Waals surface area contributed by atoms with Crippen molar-refractivity contribution >= 4 is 0 Å². The second-order valence-electron chi connectivity index (χ2n) is 3.72. The maximum absolute atomic E-state index is 9.18. The molecule has 0 radical (unpaired) electrons. The Hall–Kier alpha value is -0.860. The predicted octanol–water partition coefficient (Wildman–Crippen LogP) is 1.08. The number of aliphatic hydroxyl groups is 1. The zero-order valence-electron chi connectivity index (χ0n) is 7.83. The zero-order chi connectivity index (χ0) is 9.26. The molecule has 2 heteroatoms. The fourth-order valence-corrected chi connectivity index (χ4v) is 2.02. The smallest absolute Gasteiger partial charge is 0.102 e. The van der Waals surface area contributed by atoms with Gasteiger partial charge in [0.15, 0.2) is 0 Å². The molecule has 2 nitrogen and oxygen atoms in total. The molecule has 0 aromatic heterocycles. The Kier molecular flexibility index (Phi) is 2.34. The third kappa shape index (κ3) is 1.90. The van der Waals surface area contributed by atoms with E-state index in [2.05, 4.69) is 29.6 Å². The average molecular weight is 177 g/mol. The van der Waals surface area contributed by atoms with Gasteiger partial charge in [0.2, 0.25) is 0 Å². The maximum Gasteiger partial charge on any atom is 0.102 e. The van der Waals surface area contributed by atoms with Gasteiger partial charge >= 0.3 is 0 Å². The molecule has 1 atom stereocenters. The van der Waals surface area contributed by atoms with Crippen LogP contribution in [-0.2, 0) is 12.8 Å². The van der Waals surface area contributed by atoms with Gasteiger partial charge in [0.1, 0.15) is 6.23 Å². The average Bonchev–Trinajstić information content (AvgIpc) is 2.44. The molecular weight excluding hydrogens is 162 g/mol. The van der Waals surface area contributed by atoms with E-state index in [9.17, 15) is 5.11 Å². The molecular formula is C11H15NO. The van der Waals surface area contributed by atoms with E-state index >= 15 is 0 Å². The van der Waals surface area contributed by atoms with Crippen molar-refractivity contribution in [1.82, 2.24) is 5.32 Å². The highest BCUT2D eigenvalue weighted by atomic mass is 16.3. The molecule has 2 N–H and O–H groups in total. The van der Waals surface area contributed by atoms with Crippen LogP contribution >= 0.6 is 0 Å². The van der Waals surface area contributed by atoms with Gasteiger partial charge in [-0.15, -0.1) is 0 Å². The van der Waals surface area contributed by atoms with Gasteiger partial charge in [0, 0.05) is 6.04 Å². The van der Waals surface area contributed by atoms with E-state index in [1.807, 2.05) is 0 Å². The van der Waals surface area contributed by atoms with Crippen LogP contribution in [0.5, 0.6) is 0 Å². The summed E-state index contributed by atoms with van der Waals surface area (Å²) in [5.41, 5.74) is 2.83. The molecule has 70 valence electrons. The Morgan fingerprint density at radius 2 is 1.85 bits per heavy atom. The molecule has 2 rings (SSSR count). The summed E-state index contributed by atoms with van der Waals surface area (Å²) in [5.74, 6) is 0. The quantitative estimate of drug-likeness (QED) is 0.663. The first-order chi connectivity index (χ1) is 6.25. The summed E-state index contributed by atoms with van der Waals surface area (Å²) in [6.07, 6.45) is 1.68. The highest BCUT2D eigenvalue weighted by Crippen LogP contribution is 2.21. The minimum atomic E-state index is -0.403. The molecule has 0 amide bonds. The van der Waals surface area contributed by atoms with Crippen molar-refractivity contribution in [3.8, 4) is 0 Å². The highest BCUT2D eigenvalue weighted by molar-refractivity contribution is 5.33. The van der Waals surface area contributed by atoms with Crippen LogP contribution < -0.4 is 5.32 Å². The van der Waals surface area contributed by atoms with Crippen LogP contribution in [0.1, 0.15) is 18.1 Å². The van der Waals surface area contributed by atoms with Gasteiger partial charge in [-0.25, -0.2) is 0 Å². The summed E-state index contributed by atoms with van der Waals surface area (Å²) < 4.78 is 0. The zero-order valence-corrected chi connectivity index (χ0v) is 7.83. The van der Waals surface area contributed by atoms with Crippen molar-refractivity contribution in [2.24, 2.45) is 0 Å². The lowest BCUT2D eigenvalue weighted by Gasteiger charge is -2.13. The number of rotatable bonds is 2. The first kappa shape index (κ1) is 8.73. The molecule has 0 saturated carbocycles. The van der Waals surface area contributed by atoms with Gasteiger partial charge in [-0.05, 0) is 30.9 Å². The molecule has 1 aromatic rings. The van der Waals surface area contributed by atoms with E-state index in [4.69, 9.17) is 0 Å². The lowest BCUT2D eigenvalue weighted by molar-refractivity contribution is 0.142. The van der Waals surface area contributed by atoms with Crippen LogP contribution in [0.15, 0.2) is 24.3 Å². The van der Waals surface area contributed by atoms with E-state index < -0.39 is 6.23 Å². The Labute approximate surface area is 78.6 Å². The van der Waals surface area contributed by atoms with E-state index in [1.54, 1.807) is 6.92 Å². The van der Waals surface area contributed by atoms with Crippen LogP contribution in [0.2, 0.25) is 0 Å². The highest BCUT2D eigenvalue weighted by Gasteiger charge is 2.20. The molecule has 0 heterocycles. The third-order valence-electron chi connectivity index (χ3n) is 2.53. The first-order valence-electron chi connectivity index (χ1n) is 4.76. The van der Waals surface area contributed by atoms with Crippen molar-refractivity contribution in [2.45, 2.75) is 32.0 Å². The van der Waals surface area contributed by atoms with Crippen molar-refractivity contribution < 1.29 is 5.11 Å². The molecule has 13 heavy (non-hydrogen) atoms. The van der Waals surface area contributed by atoms with Gasteiger partial charge in [0.05, 0.1) is 0 Å². The number of fused-ring (bicyclic) bond motifs is 1. The molecule has 0 bridgehead atoms. The molecule has 0 saturated heterocycles. The second-order valence-corrected chi connectivity index (χ2v) is 3.72. The minimum Gasteiger partial charge on any atom is -0.379 e. The second kappa shape index (κ2) is 3.48. The summed E-state index contributed by atoms with van der Waals surface area (Å²) >= 11 is 0. The molecule has 1 aliphatic carbocycles. The minimum absolute atomic E-state index is 0.403. The summed E-state index contributed by atoms with van der Waals surface area (Å²) in [6.45, 7) is 1.77. The summed E-state index contributed by atoms with van der Waals surface area (Å²) in [5, 5.41) is 12.3. The van der Waals surface area contributed by atoms with Gasteiger partial charge in [0.25, 0.3) is 0 Å². The SMILES string of the molecule is CC(O)NC1Cc2ccccc2C1. The van der Waals surface area contributed by atoms with Crippen LogP contribution in [0.3, 0.4) is 0 Å². The van der Waals surface area contributed by atoms with Gasteiger partial charge in [-0.2, -0.15) is 0 Å². The van der Waals surface area contributed by atoms with Gasteiger partial charge < -0.3 is 5.11 Å². The Morgan fingerprint density at radius 3 is 2.31 bits per heavy atom. The Morgan fingerprint density at radius 1 is 1.31 bits per heavy atom. The van der Waals surface area contributed by atoms with Gasteiger partial charge in [-0.3, -0.25) is 5.32 Å². The fourth-order valence-electron chi connectivity index (χ4n) is 2.02. The lowest BCUT2D eigenvalue weighted by Crippen LogP contribution is -2.36. The molecule has 1 unspecified atom stereocenters. The van der Waals surface area contributed by atoms with E-state index in [-0.39, 0.29) is 0 Å². The number of nitrogens with one attached hydrogen (secondary N) is 1. The molecule has 0 spiro atoms. The molecule has 1 aromatic carbocycles. The fraction of sp³-hybridized carbons (Fsp3) is 0.455. The van der Waals surface area contributed by atoms with Crippen LogP contribution in [0, 0.1) is 0 Å². The number of benzene rings is 1. The van der Waals surface area contributed by atoms with Crippen LogP contribution in [-0.4, -0.2) is 17.4 Å². The monoisotopic (exact) mass is 177 g/mol. The van der Waals surface area contributed by atoms with Crippen molar-refractivity contribution in [2.75, 3.05) is 0 Å². The van der Waals surface area contributed by atoms with E-state index in [1.165, 1.54) is 11.1 Å². The largest absolute Gasteiger partial charge is 0.379 e. The molecule has 0 aliphatic heterocycles. The summed E-state index contributed by atoms with van der Waals surface area (Å²) in [7, 11) is 0. The molecule has 1 aliphatic rings. The van der Waals surface area contributed by atoms with Crippen molar-refractivity contribution in [3.63, 3.8) is 0 Å². The topological polar surface area (TPSA) is 32.3 Å². The third-order valence-corrected chi connectivity index (χ3v) is 2.53. The lowest BCUT2D eigenvalue weighted by atomic mass is 10.1. The Balaban J connectivity index is 2.05. The Bertz CT molecular complexity index is 271. The number of aliphatic hydroxyl groups excluding tert-OH is 1.